The zero-order valence-corrected chi connectivity index (χ0v) is 33.5. The Labute approximate surface area is 357 Å². The van der Waals surface area contributed by atoms with Gasteiger partial charge >= 0.3 is 0 Å². The minimum Gasteiger partial charge on any atom is -0.455 e. The Morgan fingerprint density at radius 3 is 1.60 bits per heavy atom. The maximum Gasteiger partial charge on any atom is 0.164 e. The summed E-state index contributed by atoms with van der Waals surface area (Å²) in [5, 5.41) is 4.52. The molecular formula is C57H36N4O. The fourth-order valence-corrected chi connectivity index (χ4v) is 9.00. The van der Waals surface area contributed by atoms with Gasteiger partial charge in [-0.15, -0.1) is 0 Å². The summed E-state index contributed by atoms with van der Waals surface area (Å²) in [6.45, 7) is 0. The molecular weight excluding hydrogens is 757 g/mol. The molecule has 290 valence electrons. The fraction of sp³-hybridized carbons (Fsp3) is 0. The highest BCUT2D eigenvalue weighted by atomic mass is 16.3. The Hall–Kier alpha value is -8.41. The molecule has 0 amide bonds. The van der Waals surface area contributed by atoms with Crippen molar-refractivity contribution in [3.8, 4) is 73.2 Å². The Morgan fingerprint density at radius 2 is 0.839 bits per heavy atom. The highest BCUT2D eigenvalue weighted by molar-refractivity contribution is 6.16. The van der Waals surface area contributed by atoms with Crippen LogP contribution in [0.2, 0.25) is 0 Å². The molecule has 0 radical (unpaired) electrons. The van der Waals surface area contributed by atoms with Crippen molar-refractivity contribution in [3.05, 3.63) is 218 Å². The van der Waals surface area contributed by atoms with E-state index in [1.54, 1.807) is 0 Å². The predicted molar refractivity (Wildman–Crippen MR) is 254 cm³/mol. The highest BCUT2D eigenvalue weighted by Gasteiger charge is 2.21. The number of rotatable bonds is 7. The molecule has 5 nitrogen and oxygen atoms in total. The first kappa shape index (κ1) is 35.5. The molecule has 9 aromatic carbocycles. The topological polar surface area (TPSA) is 56.7 Å². The van der Waals surface area contributed by atoms with Gasteiger partial charge in [-0.05, 0) is 58.7 Å². The normalized spacial score (nSPS) is 11.5. The molecule has 0 aliphatic carbocycles. The zero-order chi connectivity index (χ0) is 41.0. The van der Waals surface area contributed by atoms with Crippen LogP contribution in [0.25, 0.3) is 117 Å². The lowest BCUT2D eigenvalue weighted by molar-refractivity contribution is 0.670. The first-order valence-corrected chi connectivity index (χ1v) is 20.9. The van der Waals surface area contributed by atoms with Crippen LogP contribution in [-0.4, -0.2) is 19.5 Å². The molecule has 62 heavy (non-hydrogen) atoms. The van der Waals surface area contributed by atoms with Gasteiger partial charge in [-0.1, -0.05) is 182 Å². The van der Waals surface area contributed by atoms with Gasteiger partial charge in [0.25, 0.3) is 0 Å². The molecule has 0 spiro atoms. The van der Waals surface area contributed by atoms with Crippen LogP contribution < -0.4 is 0 Å². The van der Waals surface area contributed by atoms with Crippen molar-refractivity contribution in [3.63, 3.8) is 0 Å². The molecule has 0 saturated heterocycles. The van der Waals surface area contributed by atoms with Crippen LogP contribution in [-0.2, 0) is 0 Å². The standard InChI is InChI=1S/C57H36N4O/c1-4-17-37(18-5-1)39-21-14-22-40(35-39)56-58-55(38-19-6-2-7-20-38)59-57(60-56)41-33-34-46-50-31-16-30-49(54(50)62-52(46)36-41)44-26-11-10-25-43(44)47-28-15-29-48-45-27-12-13-32-51(45)61(53(47)48)42-23-8-3-9-24-42/h1-36H. The highest BCUT2D eigenvalue weighted by Crippen LogP contribution is 2.44. The second-order valence-corrected chi connectivity index (χ2v) is 15.5. The molecule has 0 atom stereocenters. The molecule has 3 aromatic heterocycles. The Kier molecular flexibility index (Phi) is 8.42. The summed E-state index contributed by atoms with van der Waals surface area (Å²) >= 11 is 0. The molecule has 12 rings (SSSR count). The molecule has 0 saturated carbocycles. The van der Waals surface area contributed by atoms with Crippen molar-refractivity contribution in [1.29, 1.82) is 0 Å². The monoisotopic (exact) mass is 792 g/mol. The summed E-state index contributed by atoms with van der Waals surface area (Å²) < 4.78 is 9.34. The van der Waals surface area contributed by atoms with E-state index in [1.165, 1.54) is 21.8 Å². The SMILES string of the molecule is c1ccc(-c2cccc(-c3nc(-c4ccccc4)nc(-c4ccc5c(c4)oc4c(-c6ccccc6-c6cccc7c8ccccc8n(-c8ccccc8)c67)cccc45)n3)c2)cc1. The van der Waals surface area contributed by atoms with Crippen LogP contribution in [0.1, 0.15) is 0 Å². The van der Waals surface area contributed by atoms with Gasteiger partial charge in [-0.3, -0.25) is 0 Å². The molecule has 0 fully saturated rings. The Balaban J connectivity index is 1.01. The molecule has 0 unspecified atom stereocenters. The van der Waals surface area contributed by atoms with Gasteiger partial charge in [0.05, 0.1) is 11.0 Å². The lowest BCUT2D eigenvalue weighted by Gasteiger charge is -2.15. The number of para-hydroxylation sites is 4. The van der Waals surface area contributed by atoms with Crippen LogP contribution in [0.3, 0.4) is 0 Å². The summed E-state index contributed by atoms with van der Waals surface area (Å²) in [6.07, 6.45) is 0. The predicted octanol–water partition coefficient (Wildman–Crippen LogP) is 14.9. The van der Waals surface area contributed by atoms with Crippen LogP contribution in [0.4, 0.5) is 0 Å². The number of fused-ring (bicyclic) bond motifs is 6. The van der Waals surface area contributed by atoms with E-state index in [1.807, 2.05) is 36.4 Å². The van der Waals surface area contributed by atoms with Crippen LogP contribution in [0.15, 0.2) is 223 Å². The second kappa shape index (κ2) is 14.7. The van der Waals surface area contributed by atoms with E-state index in [-0.39, 0.29) is 0 Å². The van der Waals surface area contributed by atoms with Crippen LogP contribution in [0, 0.1) is 0 Å². The molecule has 0 bridgehead atoms. The van der Waals surface area contributed by atoms with Gasteiger partial charge < -0.3 is 8.98 Å². The fourth-order valence-electron chi connectivity index (χ4n) is 9.00. The zero-order valence-electron chi connectivity index (χ0n) is 33.5. The van der Waals surface area contributed by atoms with E-state index in [0.717, 1.165) is 77.7 Å². The van der Waals surface area contributed by atoms with Gasteiger partial charge in [-0.25, -0.2) is 15.0 Å². The van der Waals surface area contributed by atoms with E-state index in [9.17, 15) is 0 Å². The van der Waals surface area contributed by atoms with E-state index >= 15 is 0 Å². The van der Waals surface area contributed by atoms with Crippen molar-refractivity contribution in [2.75, 3.05) is 0 Å². The van der Waals surface area contributed by atoms with Crippen molar-refractivity contribution in [1.82, 2.24) is 19.5 Å². The quantitative estimate of drug-likeness (QED) is 0.161. The maximum absolute atomic E-state index is 6.94. The van der Waals surface area contributed by atoms with Gasteiger partial charge in [0.15, 0.2) is 17.5 Å². The summed E-state index contributed by atoms with van der Waals surface area (Å²) in [7, 11) is 0. The Bertz CT molecular complexity index is 3630. The molecule has 3 heterocycles. The average molecular weight is 793 g/mol. The van der Waals surface area contributed by atoms with E-state index in [2.05, 4.69) is 187 Å². The Morgan fingerprint density at radius 1 is 0.323 bits per heavy atom. The number of nitrogens with zero attached hydrogens (tertiary/aromatic N) is 4. The minimum atomic E-state index is 0.578. The number of hydrogen-bond donors (Lipinski definition) is 0. The third kappa shape index (κ3) is 5.98. The van der Waals surface area contributed by atoms with Crippen molar-refractivity contribution < 1.29 is 4.42 Å². The lowest BCUT2D eigenvalue weighted by Crippen LogP contribution is -2.00. The average Bonchev–Trinajstić information content (AvgIpc) is 3.90. The van der Waals surface area contributed by atoms with E-state index in [0.29, 0.717) is 17.5 Å². The van der Waals surface area contributed by atoms with E-state index < -0.39 is 0 Å². The first-order valence-electron chi connectivity index (χ1n) is 20.9. The van der Waals surface area contributed by atoms with Crippen molar-refractivity contribution in [2.45, 2.75) is 0 Å². The van der Waals surface area contributed by atoms with Gasteiger partial charge in [0.1, 0.15) is 11.2 Å². The van der Waals surface area contributed by atoms with Gasteiger partial charge in [-0.2, -0.15) is 0 Å². The number of furan rings is 1. The summed E-state index contributed by atoms with van der Waals surface area (Å²) in [5.74, 6) is 1.80. The smallest absolute Gasteiger partial charge is 0.164 e. The summed E-state index contributed by atoms with van der Waals surface area (Å²) in [6, 6.07) is 76.3. The molecule has 0 aliphatic rings. The molecule has 0 N–H and O–H groups in total. The van der Waals surface area contributed by atoms with Gasteiger partial charge in [0, 0.05) is 55.0 Å². The van der Waals surface area contributed by atoms with E-state index in [4.69, 9.17) is 19.4 Å². The maximum atomic E-state index is 6.94. The third-order valence-corrected chi connectivity index (χ3v) is 11.9. The molecule has 5 heteroatoms. The van der Waals surface area contributed by atoms with Crippen molar-refractivity contribution in [2.24, 2.45) is 0 Å². The van der Waals surface area contributed by atoms with Gasteiger partial charge in [0.2, 0.25) is 0 Å². The van der Waals surface area contributed by atoms with Crippen LogP contribution in [0.5, 0.6) is 0 Å². The van der Waals surface area contributed by atoms with Crippen LogP contribution >= 0.6 is 0 Å². The number of aromatic nitrogens is 4. The third-order valence-electron chi connectivity index (χ3n) is 11.9. The lowest BCUT2D eigenvalue weighted by atomic mass is 9.92. The summed E-state index contributed by atoms with van der Waals surface area (Å²) in [4.78, 5) is 15.2. The number of hydrogen-bond acceptors (Lipinski definition) is 4. The minimum absolute atomic E-state index is 0.578. The first-order chi connectivity index (χ1) is 30.7. The number of benzene rings is 9. The van der Waals surface area contributed by atoms with Crippen molar-refractivity contribution >= 4 is 43.7 Å². The molecule has 12 aromatic rings. The molecule has 0 aliphatic heterocycles. The summed E-state index contributed by atoms with van der Waals surface area (Å²) in [5.41, 5.74) is 14.4. The largest absolute Gasteiger partial charge is 0.455 e. The second-order valence-electron chi connectivity index (χ2n) is 15.5.